The Balaban J connectivity index is 1.94. The molecule has 0 radical (unpaired) electrons. The first-order valence-electron chi connectivity index (χ1n) is 9.78. The molecule has 0 saturated carbocycles. The van der Waals surface area contributed by atoms with Gasteiger partial charge in [0, 0.05) is 34.7 Å². The highest BCUT2D eigenvalue weighted by Gasteiger charge is 2.18. The Morgan fingerprint density at radius 1 is 0.400 bits per heavy atom. The molecule has 7 aromatic rings. The SMILES string of the molecule is c1ccc2c(c1)c1ccccc1c1c3nc4nccnc4nc3c3cccnc3c21. The normalized spacial score (nSPS) is 12.0. The third-order valence-corrected chi connectivity index (χ3v) is 5.79. The molecule has 30 heavy (non-hydrogen) atoms. The van der Waals surface area contributed by atoms with Crippen molar-refractivity contribution in [2.75, 3.05) is 0 Å². The van der Waals surface area contributed by atoms with Crippen molar-refractivity contribution in [3.05, 3.63) is 79.3 Å². The molecule has 0 unspecified atom stereocenters. The number of nitrogens with zero attached hydrogens (tertiary/aromatic N) is 5. The van der Waals surface area contributed by atoms with Crippen LogP contribution in [0.5, 0.6) is 0 Å². The van der Waals surface area contributed by atoms with Crippen molar-refractivity contribution in [3.8, 4) is 0 Å². The number of fused-ring (bicyclic) bond motifs is 12. The summed E-state index contributed by atoms with van der Waals surface area (Å²) in [6.07, 6.45) is 5.14. The molecule has 3 aromatic heterocycles. The first-order chi connectivity index (χ1) is 14.9. The summed E-state index contributed by atoms with van der Waals surface area (Å²) in [7, 11) is 0. The molecule has 7 rings (SSSR count). The molecule has 0 saturated heterocycles. The molecule has 5 nitrogen and oxygen atoms in total. The first-order valence-corrected chi connectivity index (χ1v) is 9.78. The van der Waals surface area contributed by atoms with Crippen molar-refractivity contribution in [2.45, 2.75) is 0 Å². The maximum absolute atomic E-state index is 4.95. The summed E-state index contributed by atoms with van der Waals surface area (Å²) in [5.41, 5.74) is 3.66. The van der Waals surface area contributed by atoms with Crippen molar-refractivity contribution in [1.82, 2.24) is 24.9 Å². The topological polar surface area (TPSA) is 64.5 Å². The van der Waals surface area contributed by atoms with Crippen molar-refractivity contribution < 1.29 is 0 Å². The molecule has 0 fully saturated rings. The summed E-state index contributed by atoms with van der Waals surface area (Å²) in [6, 6.07) is 21.0. The fourth-order valence-electron chi connectivity index (χ4n) is 4.59. The molecular weight excluding hydrogens is 370 g/mol. The zero-order valence-corrected chi connectivity index (χ0v) is 15.7. The molecule has 3 heterocycles. The molecule has 0 bridgehead atoms. The van der Waals surface area contributed by atoms with Crippen LogP contribution in [-0.4, -0.2) is 24.9 Å². The third kappa shape index (κ3) is 1.93. The van der Waals surface area contributed by atoms with E-state index in [0.29, 0.717) is 11.3 Å². The zero-order valence-electron chi connectivity index (χ0n) is 15.7. The lowest BCUT2D eigenvalue weighted by Gasteiger charge is -2.14. The van der Waals surface area contributed by atoms with Crippen LogP contribution in [0.4, 0.5) is 0 Å². The second-order valence-electron chi connectivity index (χ2n) is 7.37. The van der Waals surface area contributed by atoms with Gasteiger partial charge < -0.3 is 0 Å². The smallest absolute Gasteiger partial charge is 0.198 e. The Morgan fingerprint density at radius 2 is 0.933 bits per heavy atom. The third-order valence-electron chi connectivity index (χ3n) is 5.79. The fraction of sp³-hybridized carbons (Fsp3) is 0. The standard InChI is InChI=1S/C25H13N5/c1-3-8-16-14(6-1)15-7-2-4-9-17(15)20-19(16)21-18(10-5-11-26-21)22-23(20)30-25-24(29-22)27-12-13-28-25/h1-13H. The Bertz CT molecular complexity index is 1800. The summed E-state index contributed by atoms with van der Waals surface area (Å²) < 4.78 is 0. The van der Waals surface area contributed by atoms with E-state index in [1.165, 1.54) is 10.8 Å². The van der Waals surface area contributed by atoms with Gasteiger partial charge in [-0.1, -0.05) is 48.5 Å². The highest BCUT2D eigenvalue weighted by atomic mass is 15.0. The van der Waals surface area contributed by atoms with Crippen molar-refractivity contribution in [1.29, 1.82) is 0 Å². The van der Waals surface area contributed by atoms with Gasteiger partial charge in [-0.2, -0.15) is 0 Å². The lowest BCUT2D eigenvalue weighted by atomic mass is 9.91. The van der Waals surface area contributed by atoms with Gasteiger partial charge in [0.2, 0.25) is 0 Å². The van der Waals surface area contributed by atoms with Crippen molar-refractivity contribution >= 4 is 65.5 Å². The summed E-state index contributed by atoms with van der Waals surface area (Å²) in [5, 5.41) is 7.84. The molecule has 0 atom stereocenters. The minimum atomic E-state index is 0.541. The van der Waals surface area contributed by atoms with E-state index in [9.17, 15) is 0 Å². The van der Waals surface area contributed by atoms with Crippen LogP contribution in [-0.2, 0) is 0 Å². The van der Waals surface area contributed by atoms with Gasteiger partial charge in [0.05, 0.1) is 5.52 Å². The van der Waals surface area contributed by atoms with E-state index in [4.69, 9.17) is 15.0 Å². The van der Waals surface area contributed by atoms with Gasteiger partial charge in [0.25, 0.3) is 0 Å². The van der Waals surface area contributed by atoms with Crippen LogP contribution in [0.1, 0.15) is 0 Å². The van der Waals surface area contributed by atoms with E-state index >= 15 is 0 Å². The highest BCUT2D eigenvalue weighted by Crippen LogP contribution is 2.42. The average Bonchev–Trinajstić information content (AvgIpc) is 2.82. The highest BCUT2D eigenvalue weighted by molar-refractivity contribution is 6.37. The van der Waals surface area contributed by atoms with E-state index in [0.717, 1.165) is 43.5 Å². The zero-order chi connectivity index (χ0) is 19.7. The van der Waals surface area contributed by atoms with Gasteiger partial charge >= 0.3 is 0 Å². The Kier molecular flexibility index (Phi) is 2.94. The number of aromatic nitrogens is 5. The minimum absolute atomic E-state index is 0.541. The van der Waals surface area contributed by atoms with E-state index in [1.807, 2.05) is 12.3 Å². The average molecular weight is 383 g/mol. The Morgan fingerprint density at radius 3 is 1.60 bits per heavy atom. The summed E-state index contributed by atoms with van der Waals surface area (Å²) in [4.78, 5) is 23.4. The lowest BCUT2D eigenvalue weighted by Crippen LogP contribution is -1.96. The molecule has 0 spiro atoms. The van der Waals surface area contributed by atoms with Crippen LogP contribution >= 0.6 is 0 Å². The lowest BCUT2D eigenvalue weighted by molar-refractivity contribution is 1.20. The summed E-state index contributed by atoms with van der Waals surface area (Å²) in [6.45, 7) is 0. The van der Waals surface area contributed by atoms with Gasteiger partial charge in [-0.3, -0.25) is 4.98 Å². The predicted octanol–water partition coefficient (Wildman–Crippen LogP) is 5.58. The van der Waals surface area contributed by atoms with Gasteiger partial charge in [-0.05, 0) is 33.7 Å². The van der Waals surface area contributed by atoms with Gasteiger partial charge in [-0.25, -0.2) is 19.9 Å². The molecular formula is C25H13N5. The Hall–Kier alpha value is -4.25. The molecule has 138 valence electrons. The van der Waals surface area contributed by atoms with Crippen LogP contribution < -0.4 is 0 Å². The number of benzene rings is 4. The summed E-state index contributed by atoms with van der Waals surface area (Å²) in [5.74, 6) is 0. The van der Waals surface area contributed by atoms with Crippen LogP contribution in [0.2, 0.25) is 0 Å². The van der Waals surface area contributed by atoms with Crippen LogP contribution in [0, 0.1) is 0 Å². The molecule has 0 amide bonds. The number of rotatable bonds is 0. The van der Waals surface area contributed by atoms with E-state index in [-0.39, 0.29) is 0 Å². The van der Waals surface area contributed by atoms with Crippen molar-refractivity contribution in [3.63, 3.8) is 0 Å². The second kappa shape index (κ2) is 5.64. The molecule has 4 aromatic carbocycles. The predicted molar refractivity (Wildman–Crippen MR) is 120 cm³/mol. The van der Waals surface area contributed by atoms with Gasteiger partial charge in [-0.15, -0.1) is 0 Å². The molecule has 0 N–H and O–H groups in total. The number of hydrogen-bond acceptors (Lipinski definition) is 5. The molecule has 5 heteroatoms. The van der Waals surface area contributed by atoms with E-state index in [1.54, 1.807) is 12.4 Å². The number of pyridine rings is 1. The van der Waals surface area contributed by atoms with Crippen LogP contribution in [0.3, 0.4) is 0 Å². The van der Waals surface area contributed by atoms with Crippen LogP contribution in [0.15, 0.2) is 79.3 Å². The van der Waals surface area contributed by atoms with Crippen LogP contribution in [0.25, 0.3) is 65.5 Å². The minimum Gasteiger partial charge on any atom is -0.256 e. The maximum Gasteiger partial charge on any atom is 0.198 e. The molecule has 0 aliphatic carbocycles. The maximum atomic E-state index is 4.95. The largest absolute Gasteiger partial charge is 0.256 e. The molecule has 0 aliphatic rings. The van der Waals surface area contributed by atoms with E-state index in [2.05, 4.69) is 64.6 Å². The van der Waals surface area contributed by atoms with Crippen molar-refractivity contribution in [2.24, 2.45) is 0 Å². The van der Waals surface area contributed by atoms with Gasteiger partial charge in [0.15, 0.2) is 11.3 Å². The first kappa shape index (κ1) is 15.6. The second-order valence-corrected chi connectivity index (χ2v) is 7.37. The quantitative estimate of drug-likeness (QED) is 0.253. The number of hydrogen-bond donors (Lipinski definition) is 0. The van der Waals surface area contributed by atoms with Gasteiger partial charge in [0.1, 0.15) is 11.0 Å². The molecule has 0 aliphatic heterocycles. The summed E-state index contributed by atoms with van der Waals surface area (Å²) >= 11 is 0. The monoisotopic (exact) mass is 383 g/mol. The van der Waals surface area contributed by atoms with E-state index < -0.39 is 0 Å². The fourth-order valence-corrected chi connectivity index (χ4v) is 4.59. The Labute approximate surface area is 170 Å².